The minimum atomic E-state index is -0.892. The first-order valence-corrected chi connectivity index (χ1v) is 6.76. The summed E-state index contributed by atoms with van der Waals surface area (Å²) in [6.45, 7) is 7.73. The van der Waals surface area contributed by atoms with Crippen LogP contribution in [-0.2, 0) is 0 Å². The Bertz CT molecular complexity index is 433. The lowest BCUT2D eigenvalue weighted by atomic mass is 10.1. The molecule has 1 rings (SSSR count). The zero-order chi connectivity index (χ0) is 14.1. The fourth-order valence-electron chi connectivity index (χ4n) is 1.89. The molecule has 18 heavy (non-hydrogen) atoms. The molecule has 0 aromatic carbocycles. The van der Waals surface area contributed by atoms with Gasteiger partial charge in [0.05, 0.1) is 5.60 Å². The second-order valence-electron chi connectivity index (χ2n) is 5.52. The van der Waals surface area contributed by atoms with Crippen molar-refractivity contribution in [3.05, 3.63) is 22.4 Å². The van der Waals surface area contributed by atoms with E-state index in [9.17, 15) is 9.90 Å². The molecule has 0 atom stereocenters. The van der Waals surface area contributed by atoms with Crippen LogP contribution in [0.5, 0.6) is 0 Å². The number of nitrogens with zero attached hydrogens (tertiary/aromatic N) is 2. The maximum atomic E-state index is 12.3. The van der Waals surface area contributed by atoms with Gasteiger partial charge >= 0.3 is 0 Å². The van der Waals surface area contributed by atoms with Crippen molar-refractivity contribution in [2.75, 3.05) is 13.6 Å². The van der Waals surface area contributed by atoms with Crippen LogP contribution >= 0.6 is 15.9 Å². The topological polar surface area (TPSA) is 45.5 Å². The summed E-state index contributed by atoms with van der Waals surface area (Å²) in [5.74, 6) is -0.0866. The fraction of sp³-hybridized carbons (Fsp3) is 0.615. The van der Waals surface area contributed by atoms with Gasteiger partial charge in [-0.1, -0.05) is 0 Å². The average molecular weight is 317 g/mol. The highest BCUT2D eigenvalue weighted by atomic mass is 79.9. The van der Waals surface area contributed by atoms with Gasteiger partial charge in [0, 0.05) is 30.3 Å². The predicted molar refractivity (Wildman–Crippen MR) is 75.8 cm³/mol. The molecule has 0 radical (unpaired) electrons. The number of aromatic nitrogens is 1. The van der Waals surface area contributed by atoms with Gasteiger partial charge in [0.1, 0.15) is 5.69 Å². The smallest absolute Gasteiger partial charge is 0.270 e. The molecule has 1 aromatic heterocycles. The van der Waals surface area contributed by atoms with Crippen molar-refractivity contribution in [3.63, 3.8) is 0 Å². The molecule has 4 nitrogen and oxygen atoms in total. The number of carbonyl (C=O) groups excluding carboxylic acids is 1. The Labute approximate surface area is 117 Å². The Morgan fingerprint density at radius 2 is 2.11 bits per heavy atom. The van der Waals surface area contributed by atoms with Gasteiger partial charge in [-0.2, -0.15) is 0 Å². The van der Waals surface area contributed by atoms with Gasteiger partial charge in [-0.15, -0.1) is 0 Å². The van der Waals surface area contributed by atoms with Crippen LogP contribution in [0.1, 0.15) is 44.2 Å². The molecule has 1 aromatic rings. The summed E-state index contributed by atoms with van der Waals surface area (Å²) in [6.07, 6.45) is 1.90. The van der Waals surface area contributed by atoms with Gasteiger partial charge in [-0.25, -0.2) is 0 Å². The summed E-state index contributed by atoms with van der Waals surface area (Å²) in [6, 6.07) is 2.02. The Morgan fingerprint density at radius 3 is 2.56 bits per heavy atom. The number of aliphatic hydroxyl groups is 1. The molecule has 102 valence electrons. The number of halogens is 1. The van der Waals surface area contributed by atoms with E-state index in [0.717, 1.165) is 4.47 Å². The van der Waals surface area contributed by atoms with Crippen LogP contribution in [0.2, 0.25) is 0 Å². The molecule has 0 fully saturated rings. The highest BCUT2D eigenvalue weighted by Crippen LogP contribution is 2.21. The summed E-state index contributed by atoms with van der Waals surface area (Å²) in [5, 5.41) is 9.76. The van der Waals surface area contributed by atoms with Gasteiger partial charge in [-0.3, -0.25) is 4.79 Å². The van der Waals surface area contributed by atoms with Crippen LogP contribution < -0.4 is 0 Å². The molecular formula is C13H21BrN2O2. The van der Waals surface area contributed by atoms with E-state index in [1.807, 2.05) is 30.7 Å². The highest BCUT2D eigenvalue weighted by Gasteiger charge is 2.23. The van der Waals surface area contributed by atoms with Crippen LogP contribution in [0.4, 0.5) is 0 Å². The van der Waals surface area contributed by atoms with Crippen LogP contribution in [0.3, 0.4) is 0 Å². The third-order valence-corrected chi connectivity index (χ3v) is 3.00. The van der Waals surface area contributed by atoms with Crippen LogP contribution in [0, 0.1) is 0 Å². The quantitative estimate of drug-likeness (QED) is 0.928. The van der Waals surface area contributed by atoms with E-state index in [0.29, 0.717) is 12.2 Å². The van der Waals surface area contributed by atoms with E-state index in [4.69, 9.17) is 0 Å². The zero-order valence-corrected chi connectivity index (χ0v) is 13.2. The molecule has 0 unspecified atom stereocenters. The van der Waals surface area contributed by atoms with Crippen molar-refractivity contribution in [1.82, 2.24) is 9.47 Å². The van der Waals surface area contributed by atoms with Crippen molar-refractivity contribution in [2.24, 2.45) is 0 Å². The second-order valence-corrected chi connectivity index (χ2v) is 6.43. The third kappa shape index (κ3) is 3.85. The molecule has 0 spiro atoms. The van der Waals surface area contributed by atoms with E-state index in [1.54, 1.807) is 25.8 Å². The molecular weight excluding hydrogens is 296 g/mol. The Kier molecular flexibility index (Phi) is 4.61. The molecule has 0 saturated carbocycles. The van der Waals surface area contributed by atoms with Gasteiger partial charge in [0.25, 0.3) is 5.91 Å². The zero-order valence-electron chi connectivity index (χ0n) is 11.6. The van der Waals surface area contributed by atoms with E-state index in [-0.39, 0.29) is 11.9 Å². The molecule has 0 bridgehead atoms. The first-order chi connectivity index (χ1) is 8.11. The summed E-state index contributed by atoms with van der Waals surface area (Å²) in [7, 11) is 1.70. The van der Waals surface area contributed by atoms with Gasteiger partial charge in [0.15, 0.2) is 0 Å². The minimum absolute atomic E-state index is 0.0866. The molecule has 5 heteroatoms. The van der Waals surface area contributed by atoms with Crippen molar-refractivity contribution >= 4 is 21.8 Å². The lowest BCUT2D eigenvalue weighted by Crippen LogP contribution is -2.40. The van der Waals surface area contributed by atoms with E-state index in [2.05, 4.69) is 15.9 Å². The Balaban J connectivity index is 2.97. The standard InChI is InChI=1S/C13H21BrN2O2/c1-9(2)16-7-10(14)6-11(16)12(17)15(5)8-13(3,4)18/h6-7,9,18H,8H2,1-5H3. The summed E-state index contributed by atoms with van der Waals surface area (Å²) in [5.41, 5.74) is -0.264. The van der Waals surface area contributed by atoms with Crippen molar-refractivity contribution in [2.45, 2.75) is 39.3 Å². The molecule has 1 heterocycles. The van der Waals surface area contributed by atoms with E-state index < -0.39 is 5.60 Å². The normalized spacial score (nSPS) is 12.0. The summed E-state index contributed by atoms with van der Waals surface area (Å²) >= 11 is 3.39. The molecule has 0 saturated heterocycles. The molecule has 0 aliphatic carbocycles. The largest absolute Gasteiger partial charge is 0.389 e. The molecule has 1 N–H and O–H groups in total. The predicted octanol–water partition coefficient (Wildman–Crippen LogP) is 2.67. The van der Waals surface area contributed by atoms with Crippen molar-refractivity contribution < 1.29 is 9.90 Å². The lowest BCUT2D eigenvalue weighted by molar-refractivity contribution is 0.0361. The number of carbonyl (C=O) groups is 1. The fourth-order valence-corrected chi connectivity index (χ4v) is 2.33. The van der Waals surface area contributed by atoms with Crippen LogP contribution in [-0.4, -0.2) is 39.7 Å². The van der Waals surface area contributed by atoms with Gasteiger partial charge in [-0.05, 0) is 49.7 Å². The third-order valence-electron chi connectivity index (χ3n) is 2.56. The molecule has 0 aliphatic rings. The first-order valence-electron chi connectivity index (χ1n) is 5.97. The number of hydrogen-bond donors (Lipinski definition) is 1. The molecule has 1 amide bonds. The summed E-state index contributed by atoms with van der Waals surface area (Å²) in [4.78, 5) is 13.9. The molecule has 0 aliphatic heterocycles. The number of rotatable bonds is 4. The van der Waals surface area contributed by atoms with Crippen LogP contribution in [0.25, 0.3) is 0 Å². The lowest BCUT2D eigenvalue weighted by Gasteiger charge is -2.26. The highest BCUT2D eigenvalue weighted by molar-refractivity contribution is 9.10. The Hall–Kier alpha value is -0.810. The maximum Gasteiger partial charge on any atom is 0.270 e. The van der Waals surface area contributed by atoms with E-state index >= 15 is 0 Å². The van der Waals surface area contributed by atoms with Crippen molar-refractivity contribution in [1.29, 1.82) is 0 Å². The Morgan fingerprint density at radius 1 is 1.56 bits per heavy atom. The minimum Gasteiger partial charge on any atom is -0.389 e. The summed E-state index contributed by atoms with van der Waals surface area (Å²) < 4.78 is 2.81. The van der Waals surface area contributed by atoms with Crippen LogP contribution in [0.15, 0.2) is 16.7 Å². The maximum absolute atomic E-state index is 12.3. The first kappa shape index (κ1) is 15.2. The number of likely N-dealkylation sites (N-methyl/N-ethyl adjacent to an activating group) is 1. The second kappa shape index (κ2) is 5.45. The van der Waals surface area contributed by atoms with Gasteiger partial charge < -0.3 is 14.6 Å². The number of hydrogen-bond acceptors (Lipinski definition) is 2. The van der Waals surface area contributed by atoms with E-state index in [1.165, 1.54) is 0 Å². The monoisotopic (exact) mass is 316 g/mol. The van der Waals surface area contributed by atoms with Gasteiger partial charge in [0.2, 0.25) is 0 Å². The van der Waals surface area contributed by atoms with Crippen molar-refractivity contribution in [3.8, 4) is 0 Å². The number of amides is 1. The average Bonchev–Trinajstić information content (AvgIpc) is 2.56. The SMILES string of the molecule is CC(C)n1cc(Br)cc1C(=O)N(C)CC(C)(C)O.